The van der Waals surface area contributed by atoms with Gasteiger partial charge in [0.15, 0.2) is 11.5 Å². The molecule has 0 fully saturated rings. The first-order chi connectivity index (χ1) is 10.1. The number of hydrogen-bond acceptors (Lipinski definition) is 5. The number of anilines is 3. The first-order valence-electron chi connectivity index (χ1n) is 6.20. The maximum absolute atomic E-state index is 13.4. The molecule has 21 heavy (non-hydrogen) atoms. The highest BCUT2D eigenvalue weighted by Crippen LogP contribution is 2.40. The lowest BCUT2D eigenvalue weighted by molar-refractivity contribution is 0.324. The summed E-state index contributed by atoms with van der Waals surface area (Å²) in [5, 5.41) is 3.05. The Bertz CT molecular complexity index is 602. The van der Waals surface area contributed by atoms with E-state index in [1.807, 2.05) is 0 Å². The first-order valence-corrected chi connectivity index (χ1v) is 6.20. The molecule has 2 aromatic rings. The molecule has 0 atom stereocenters. The third-order valence-electron chi connectivity index (χ3n) is 2.87. The number of methoxy groups -OCH3 is 3. The Kier molecular flexibility index (Phi) is 4.37. The van der Waals surface area contributed by atoms with Gasteiger partial charge in [-0.3, -0.25) is 0 Å². The molecule has 6 heteroatoms. The molecule has 112 valence electrons. The second kappa shape index (κ2) is 6.21. The molecule has 0 aromatic heterocycles. The van der Waals surface area contributed by atoms with Crippen LogP contribution in [0.3, 0.4) is 0 Å². The molecule has 0 saturated carbocycles. The zero-order valence-corrected chi connectivity index (χ0v) is 12.1. The Labute approximate surface area is 122 Å². The summed E-state index contributed by atoms with van der Waals surface area (Å²) in [5.41, 5.74) is 7.15. The molecular formula is C15H17FN2O3. The summed E-state index contributed by atoms with van der Waals surface area (Å²) in [7, 11) is 4.59. The zero-order valence-electron chi connectivity index (χ0n) is 12.1. The number of halogens is 1. The average molecular weight is 292 g/mol. The second-order valence-electron chi connectivity index (χ2n) is 4.31. The number of rotatable bonds is 5. The molecule has 0 amide bonds. The molecule has 0 saturated heterocycles. The normalized spacial score (nSPS) is 10.1. The van der Waals surface area contributed by atoms with Crippen LogP contribution < -0.4 is 25.3 Å². The molecule has 0 heterocycles. The van der Waals surface area contributed by atoms with Crippen LogP contribution in [0.15, 0.2) is 30.3 Å². The fourth-order valence-corrected chi connectivity index (χ4v) is 2.00. The third kappa shape index (κ3) is 3.28. The van der Waals surface area contributed by atoms with Crippen LogP contribution in [-0.2, 0) is 0 Å². The molecule has 2 aromatic carbocycles. The van der Waals surface area contributed by atoms with E-state index in [9.17, 15) is 4.39 Å². The molecule has 0 aliphatic carbocycles. The van der Waals surface area contributed by atoms with Crippen LogP contribution in [0.5, 0.6) is 17.2 Å². The molecule has 0 aliphatic rings. The van der Waals surface area contributed by atoms with Gasteiger partial charge in [-0.15, -0.1) is 0 Å². The molecule has 2 rings (SSSR count). The van der Waals surface area contributed by atoms with Gasteiger partial charge in [0.25, 0.3) is 0 Å². The van der Waals surface area contributed by atoms with Gasteiger partial charge in [0.05, 0.1) is 21.3 Å². The summed E-state index contributed by atoms with van der Waals surface area (Å²) < 4.78 is 29.1. The van der Waals surface area contributed by atoms with Crippen molar-refractivity contribution >= 4 is 17.1 Å². The van der Waals surface area contributed by atoms with Crippen molar-refractivity contribution in [1.82, 2.24) is 0 Å². The van der Waals surface area contributed by atoms with E-state index in [0.29, 0.717) is 34.3 Å². The second-order valence-corrected chi connectivity index (χ2v) is 4.31. The lowest BCUT2D eigenvalue weighted by Crippen LogP contribution is -1.98. The fraction of sp³-hybridized carbons (Fsp3) is 0.200. The van der Waals surface area contributed by atoms with Crippen molar-refractivity contribution < 1.29 is 18.6 Å². The Morgan fingerprint density at radius 2 is 1.43 bits per heavy atom. The Morgan fingerprint density at radius 3 is 1.90 bits per heavy atom. The lowest BCUT2D eigenvalue weighted by Gasteiger charge is -2.15. The summed E-state index contributed by atoms with van der Waals surface area (Å²) in [6.45, 7) is 0. The maximum Gasteiger partial charge on any atom is 0.203 e. The predicted molar refractivity (Wildman–Crippen MR) is 80.2 cm³/mol. The van der Waals surface area contributed by atoms with Gasteiger partial charge in [-0.25, -0.2) is 4.39 Å². The standard InChI is InChI=1S/C15H17FN2O3/c1-19-13-7-12(8-14(20-2)15(13)21-3)18-11-5-9(16)4-10(17)6-11/h4-8,18H,17H2,1-3H3. The first kappa shape index (κ1) is 14.8. The number of ether oxygens (including phenoxy) is 3. The molecule has 0 bridgehead atoms. The minimum Gasteiger partial charge on any atom is -0.493 e. The Hall–Kier alpha value is -2.63. The van der Waals surface area contributed by atoms with E-state index >= 15 is 0 Å². The molecule has 0 unspecified atom stereocenters. The zero-order chi connectivity index (χ0) is 15.4. The smallest absolute Gasteiger partial charge is 0.203 e. The van der Waals surface area contributed by atoms with Gasteiger partial charge >= 0.3 is 0 Å². The van der Waals surface area contributed by atoms with Gasteiger partial charge in [0, 0.05) is 29.2 Å². The van der Waals surface area contributed by atoms with Crippen LogP contribution in [0.25, 0.3) is 0 Å². The summed E-state index contributed by atoms with van der Waals surface area (Å²) >= 11 is 0. The lowest BCUT2D eigenvalue weighted by atomic mass is 10.2. The number of hydrogen-bond donors (Lipinski definition) is 2. The van der Waals surface area contributed by atoms with Gasteiger partial charge in [-0.1, -0.05) is 0 Å². The minimum atomic E-state index is -0.412. The predicted octanol–water partition coefficient (Wildman–Crippen LogP) is 3.18. The molecule has 5 nitrogen and oxygen atoms in total. The van der Waals surface area contributed by atoms with E-state index in [0.717, 1.165) is 0 Å². The molecular weight excluding hydrogens is 275 g/mol. The van der Waals surface area contributed by atoms with E-state index in [4.69, 9.17) is 19.9 Å². The maximum atomic E-state index is 13.4. The van der Waals surface area contributed by atoms with Crippen molar-refractivity contribution in [3.05, 3.63) is 36.1 Å². The minimum absolute atomic E-state index is 0.338. The number of nitrogens with one attached hydrogen (secondary N) is 1. The monoisotopic (exact) mass is 292 g/mol. The molecule has 0 radical (unpaired) electrons. The van der Waals surface area contributed by atoms with E-state index in [1.54, 1.807) is 18.2 Å². The van der Waals surface area contributed by atoms with E-state index < -0.39 is 5.82 Å². The Balaban J connectivity index is 2.40. The van der Waals surface area contributed by atoms with Gasteiger partial charge in [-0.2, -0.15) is 0 Å². The fourth-order valence-electron chi connectivity index (χ4n) is 2.00. The van der Waals surface area contributed by atoms with Crippen molar-refractivity contribution in [2.75, 3.05) is 32.4 Å². The van der Waals surface area contributed by atoms with Crippen molar-refractivity contribution in [2.45, 2.75) is 0 Å². The summed E-state index contributed by atoms with van der Waals surface area (Å²) in [4.78, 5) is 0. The topological polar surface area (TPSA) is 65.7 Å². The average Bonchev–Trinajstić information content (AvgIpc) is 2.45. The summed E-state index contributed by atoms with van der Waals surface area (Å²) in [5.74, 6) is 1.08. The SMILES string of the molecule is COc1cc(Nc2cc(N)cc(F)c2)cc(OC)c1OC. The number of nitrogen functional groups attached to an aromatic ring is 1. The summed E-state index contributed by atoms with van der Waals surface area (Å²) in [6.07, 6.45) is 0. The van der Waals surface area contributed by atoms with Crippen LogP contribution in [-0.4, -0.2) is 21.3 Å². The van der Waals surface area contributed by atoms with Gasteiger partial charge in [0.1, 0.15) is 5.82 Å². The van der Waals surface area contributed by atoms with Gasteiger partial charge < -0.3 is 25.3 Å². The van der Waals surface area contributed by atoms with E-state index in [2.05, 4.69) is 5.32 Å². The van der Waals surface area contributed by atoms with E-state index in [-0.39, 0.29) is 0 Å². The quantitative estimate of drug-likeness (QED) is 0.829. The van der Waals surface area contributed by atoms with E-state index in [1.165, 1.54) is 33.5 Å². The highest BCUT2D eigenvalue weighted by Gasteiger charge is 2.13. The van der Waals surface area contributed by atoms with Crippen molar-refractivity contribution in [3.63, 3.8) is 0 Å². The van der Waals surface area contributed by atoms with Crippen LogP contribution in [0, 0.1) is 5.82 Å². The van der Waals surface area contributed by atoms with Crippen LogP contribution >= 0.6 is 0 Å². The molecule has 0 spiro atoms. The largest absolute Gasteiger partial charge is 0.493 e. The molecule has 0 aliphatic heterocycles. The third-order valence-corrected chi connectivity index (χ3v) is 2.87. The van der Waals surface area contributed by atoms with Crippen molar-refractivity contribution in [3.8, 4) is 17.2 Å². The van der Waals surface area contributed by atoms with Crippen LogP contribution in [0.4, 0.5) is 21.5 Å². The van der Waals surface area contributed by atoms with Gasteiger partial charge in [-0.05, 0) is 18.2 Å². The highest BCUT2D eigenvalue weighted by molar-refractivity contribution is 5.69. The van der Waals surface area contributed by atoms with Gasteiger partial charge in [0.2, 0.25) is 5.75 Å². The number of benzene rings is 2. The molecule has 3 N–H and O–H groups in total. The van der Waals surface area contributed by atoms with Crippen molar-refractivity contribution in [1.29, 1.82) is 0 Å². The summed E-state index contributed by atoms with van der Waals surface area (Å²) in [6, 6.07) is 7.68. The van der Waals surface area contributed by atoms with Crippen molar-refractivity contribution in [2.24, 2.45) is 0 Å². The Morgan fingerprint density at radius 1 is 0.857 bits per heavy atom. The van der Waals surface area contributed by atoms with Crippen LogP contribution in [0.1, 0.15) is 0 Å². The van der Waals surface area contributed by atoms with Crippen LogP contribution in [0.2, 0.25) is 0 Å². The number of nitrogens with two attached hydrogens (primary N) is 1. The highest BCUT2D eigenvalue weighted by atomic mass is 19.1.